The molecule has 0 aromatic heterocycles. The molecular weight excluding hydrogens is 220 g/mol. The summed E-state index contributed by atoms with van der Waals surface area (Å²) in [4.78, 5) is 0. The summed E-state index contributed by atoms with van der Waals surface area (Å²) in [6, 6.07) is 0. The molecule has 0 aromatic carbocycles. The van der Waals surface area contributed by atoms with E-state index in [4.69, 9.17) is 9.84 Å². The van der Waals surface area contributed by atoms with Gasteiger partial charge in [0, 0.05) is 11.9 Å². The van der Waals surface area contributed by atoms with Gasteiger partial charge < -0.3 is 9.84 Å². The zero-order chi connectivity index (χ0) is 9.23. The summed E-state index contributed by atoms with van der Waals surface area (Å²) in [7, 11) is 0. The third kappa shape index (κ3) is 8.50. The molecule has 0 bridgehead atoms. The Labute approximate surface area is 83.4 Å². The van der Waals surface area contributed by atoms with Crippen molar-refractivity contribution in [1.29, 1.82) is 0 Å². The summed E-state index contributed by atoms with van der Waals surface area (Å²) in [6.07, 6.45) is 4.54. The summed E-state index contributed by atoms with van der Waals surface area (Å²) < 4.78 is 5.25. The molecule has 0 aromatic rings. The van der Waals surface area contributed by atoms with E-state index in [1.807, 2.05) is 0 Å². The first-order valence-corrected chi connectivity index (χ1v) is 5.75. The van der Waals surface area contributed by atoms with Gasteiger partial charge in [-0.15, -0.1) is 0 Å². The number of unbranched alkanes of at least 4 members (excludes halogenated alkanes) is 3. The highest BCUT2D eigenvalue weighted by Gasteiger charge is 1.99. The number of alkyl halides is 1. The minimum Gasteiger partial charge on any atom is -0.390 e. The Hall–Kier alpha value is 0.400. The molecule has 12 heavy (non-hydrogen) atoms. The predicted octanol–water partition coefficient (Wildman–Crippen LogP) is 2.34. The van der Waals surface area contributed by atoms with Crippen LogP contribution in [-0.2, 0) is 4.74 Å². The number of hydrogen-bond donors (Lipinski definition) is 1. The lowest BCUT2D eigenvalue weighted by Gasteiger charge is -2.07. The molecule has 0 rings (SSSR count). The molecule has 0 saturated heterocycles. The van der Waals surface area contributed by atoms with Crippen molar-refractivity contribution >= 4 is 15.9 Å². The van der Waals surface area contributed by atoms with Gasteiger partial charge in [-0.2, -0.15) is 0 Å². The van der Waals surface area contributed by atoms with Crippen molar-refractivity contribution in [2.24, 2.45) is 0 Å². The normalized spacial score (nSPS) is 13.2. The lowest BCUT2D eigenvalue weighted by Crippen LogP contribution is -2.16. The van der Waals surface area contributed by atoms with Crippen molar-refractivity contribution < 1.29 is 9.84 Å². The summed E-state index contributed by atoms with van der Waals surface area (Å²) in [5.41, 5.74) is 0. The molecule has 0 fully saturated rings. The van der Waals surface area contributed by atoms with E-state index >= 15 is 0 Å². The van der Waals surface area contributed by atoms with Gasteiger partial charge in [0.25, 0.3) is 0 Å². The van der Waals surface area contributed by atoms with Crippen molar-refractivity contribution in [2.75, 3.05) is 18.5 Å². The molecule has 0 amide bonds. The fourth-order valence-electron chi connectivity index (χ4n) is 0.895. The van der Waals surface area contributed by atoms with E-state index in [2.05, 4.69) is 22.9 Å². The highest BCUT2D eigenvalue weighted by atomic mass is 79.9. The van der Waals surface area contributed by atoms with Crippen molar-refractivity contribution in [2.45, 2.75) is 38.7 Å². The van der Waals surface area contributed by atoms with Crippen LogP contribution in [0.15, 0.2) is 0 Å². The average Bonchev–Trinajstić information content (AvgIpc) is 2.10. The van der Waals surface area contributed by atoms with Crippen LogP contribution in [0, 0.1) is 0 Å². The largest absolute Gasteiger partial charge is 0.390 e. The van der Waals surface area contributed by atoms with E-state index in [1.54, 1.807) is 0 Å². The van der Waals surface area contributed by atoms with Gasteiger partial charge >= 0.3 is 0 Å². The van der Waals surface area contributed by atoms with Crippen LogP contribution in [0.1, 0.15) is 32.6 Å². The van der Waals surface area contributed by atoms with Gasteiger partial charge in [0.15, 0.2) is 0 Å². The molecular formula is C9H19BrO2. The molecule has 74 valence electrons. The molecule has 1 N–H and O–H groups in total. The quantitative estimate of drug-likeness (QED) is 0.520. The molecule has 1 atom stereocenters. The van der Waals surface area contributed by atoms with Crippen molar-refractivity contribution in [1.82, 2.24) is 0 Å². The Morgan fingerprint density at radius 3 is 2.67 bits per heavy atom. The smallest absolute Gasteiger partial charge is 0.0870 e. The number of halogens is 1. The lowest BCUT2D eigenvalue weighted by molar-refractivity contribution is 0.0473. The fraction of sp³-hybridized carbons (Fsp3) is 1.00. The summed E-state index contributed by atoms with van der Waals surface area (Å²) in [5.74, 6) is 0. The first-order valence-electron chi connectivity index (χ1n) is 4.63. The molecule has 0 aliphatic heterocycles. The van der Waals surface area contributed by atoms with Crippen LogP contribution in [0.25, 0.3) is 0 Å². The van der Waals surface area contributed by atoms with Gasteiger partial charge in [-0.05, 0) is 6.42 Å². The second-order valence-electron chi connectivity index (χ2n) is 2.94. The topological polar surface area (TPSA) is 29.5 Å². The van der Waals surface area contributed by atoms with E-state index in [0.29, 0.717) is 11.9 Å². The molecule has 0 spiro atoms. The van der Waals surface area contributed by atoms with Crippen molar-refractivity contribution in [3.05, 3.63) is 0 Å². The van der Waals surface area contributed by atoms with E-state index in [1.165, 1.54) is 19.3 Å². The molecule has 0 radical (unpaired) electrons. The predicted molar refractivity (Wildman–Crippen MR) is 54.8 cm³/mol. The number of aliphatic hydroxyl groups excluding tert-OH is 1. The summed E-state index contributed by atoms with van der Waals surface area (Å²) >= 11 is 3.18. The maximum absolute atomic E-state index is 9.09. The molecule has 0 heterocycles. The standard InChI is InChI=1S/C9H19BrO2/c1-2-3-4-5-6-12-8-9(11)7-10/h9,11H,2-8H2,1H3. The van der Waals surface area contributed by atoms with E-state index < -0.39 is 0 Å². The summed E-state index contributed by atoms with van der Waals surface area (Å²) in [6.45, 7) is 3.43. The van der Waals surface area contributed by atoms with E-state index in [0.717, 1.165) is 13.0 Å². The minimum atomic E-state index is -0.351. The first kappa shape index (κ1) is 12.4. The number of ether oxygens (including phenoxy) is 1. The van der Waals surface area contributed by atoms with E-state index in [-0.39, 0.29) is 6.10 Å². The SMILES string of the molecule is CCCCCCOCC(O)CBr. The monoisotopic (exact) mass is 238 g/mol. The molecule has 3 heteroatoms. The maximum atomic E-state index is 9.09. The first-order chi connectivity index (χ1) is 5.81. The Kier molecular flexibility index (Phi) is 9.80. The zero-order valence-corrected chi connectivity index (χ0v) is 9.35. The van der Waals surface area contributed by atoms with Crippen LogP contribution in [-0.4, -0.2) is 29.8 Å². The van der Waals surface area contributed by atoms with Crippen LogP contribution in [0.3, 0.4) is 0 Å². The zero-order valence-electron chi connectivity index (χ0n) is 7.76. The minimum absolute atomic E-state index is 0.351. The van der Waals surface area contributed by atoms with Gasteiger partial charge in [-0.1, -0.05) is 42.1 Å². The molecule has 1 unspecified atom stereocenters. The average molecular weight is 239 g/mol. The third-order valence-electron chi connectivity index (χ3n) is 1.63. The van der Waals surface area contributed by atoms with Gasteiger partial charge in [0.1, 0.15) is 0 Å². The molecule has 0 saturated carbocycles. The van der Waals surface area contributed by atoms with E-state index in [9.17, 15) is 0 Å². The van der Waals surface area contributed by atoms with Crippen molar-refractivity contribution in [3.8, 4) is 0 Å². The Balaban J connectivity index is 2.90. The van der Waals surface area contributed by atoms with Crippen LogP contribution in [0.5, 0.6) is 0 Å². The lowest BCUT2D eigenvalue weighted by atomic mass is 10.2. The van der Waals surface area contributed by atoms with Gasteiger partial charge in [-0.25, -0.2) is 0 Å². The van der Waals surface area contributed by atoms with Crippen LogP contribution in [0.4, 0.5) is 0 Å². The van der Waals surface area contributed by atoms with Gasteiger partial charge in [-0.3, -0.25) is 0 Å². The van der Waals surface area contributed by atoms with Crippen molar-refractivity contribution in [3.63, 3.8) is 0 Å². The van der Waals surface area contributed by atoms with Crippen LogP contribution < -0.4 is 0 Å². The van der Waals surface area contributed by atoms with Gasteiger partial charge in [0.2, 0.25) is 0 Å². The number of hydrogen-bond acceptors (Lipinski definition) is 2. The fourth-order valence-corrected chi connectivity index (χ4v) is 1.08. The Bertz CT molecular complexity index is 88.6. The van der Waals surface area contributed by atoms with Crippen LogP contribution in [0.2, 0.25) is 0 Å². The third-order valence-corrected chi connectivity index (χ3v) is 2.38. The Morgan fingerprint density at radius 2 is 2.08 bits per heavy atom. The number of rotatable bonds is 8. The maximum Gasteiger partial charge on any atom is 0.0870 e. The van der Waals surface area contributed by atoms with Crippen LogP contribution >= 0.6 is 15.9 Å². The second-order valence-corrected chi connectivity index (χ2v) is 3.59. The second kappa shape index (κ2) is 9.49. The number of aliphatic hydroxyl groups is 1. The molecule has 2 nitrogen and oxygen atoms in total. The van der Waals surface area contributed by atoms with Gasteiger partial charge in [0.05, 0.1) is 12.7 Å². The Morgan fingerprint density at radius 1 is 1.33 bits per heavy atom. The molecule has 0 aliphatic rings. The highest BCUT2D eigenvalue weighted by molar-refractivity contribution is 9.09. The summed E-state index contributed by atoms with van der Waals surface area (Å²) in [5, 5.41) is 9.69. The molecule has 0 aliphatic carbocycles. The highest BCUT2D eigenvalue weighted by Crippen LogP contribution is 1.99.